The molecule has 0 saturated heterocycles. The van der Waals surface area contributed by atoms with E-state index in [9.17, 15) is 8.78 Å². The van der Waals surface area contributed by atoms with Gasteiger partial charge in [0.05, 0.1) is 0 Å². The fourth-order valence-electron chi connectivity index (χ4n) is 1.75. The Balaban J connectivity index is 2.07. The quantitative estimate of drug-likeness (QED) is 0.915. The van der Waals surface area contributed by atoms with Crippen LogP contribution in [0.5, 0.6) is 5.75 Å². The van der Waals surface area contributed by atoms with Crippen LogP contribution in [0.1, 0.15) is 24.1 Å². The van der Waals surface area contributed by atoms with Crippen LogP contribution in [0.2, 0.25) is 0 Å². The van der Waals surface area contributed by atoms with Gasteiger partial charge in [-0.1, -0.05) is 12.1 Å². The first-order chi connectivity index (χ1) is 9.04. The van der Waals surface area contributed by atoms with Crippen LogP contribution in [0, 0.1) is 11.6 Å². The van der Waals surface area contributed by atoms with Gasteiger partial charge in [0.25, 0.3) is 0 Å². The van der Waals surface area contributed by atoms with Gasteiger partial charge in [-0.25, -0.2) is 8.78 Å². The minimum atomic E-state index is -0.608. The molecule has 2 aromatic rings. The minimum Gasteiger partial charge on any atom is -0.489 e. The molecular weight excluding hydrogens is 248 g/mol. The number of hydrogen-bond donors (Lipinski definition) is 1. The molecular formula is C15H15F2NO. The summed E-state index contributed by atoms with van der Waals surface area (Å²) in [5.74, 6) is -0.592. The van der Waals surface area contributed by atoms with Crippen LogP contribution in [0.15, 0.2) is 42.5 Å². The van der Waals surface area contributed by atoms with E-state index in [1.165, 1.54) is 12.1 Å². The highest BCUT2D eigenvalue weighted by molar-refractivity contribution is 5.30. The predicted molar refractivity (Wildman–Crippen MR) is 69.7 cm³/mol. The standard InChI is InChI=1S/C15H15F2NO/c1-10(18)12-3-2-4-15(7-12)19-9-11-5-13(16)8-14(17)6-11/h2-8,10H,9,18H2,1H3/t10-/m1/s1. The van der Waals surface area contributed by atoms with Gasteiger partial charge in [-0.05, 0) is 42.3 Å². The molecule has 4 heteroatoms. The predicted octanol–water partition coefficient (Wildman–Crippen LogP) is 3.56. The Morgan fingerprint density at radius 1 is 1.11 bits per heavy atom. The SMILES string of the molecule is C[C@@H](N)c1cccc(OCc2cc(F)cc(F)c2)c1. The Hall–Kier alpha value is -1.94. The molecule has 0 aromatic heterocycles. The maximum Gasteiger partial charge on any atom is 0.126 e. The largest absolute Gasteiger partial charge is 0.489 e. The number of ether oxygens (including phenoxy) is 1. The van der Waals surface area contributed by atoms with Gasteiger partial charge in [0.15, 0.2) is 0 Å². The van der Waals surface area contributed by atoms with Crippen molar-refractivity contribution in [1.29, 1.82) is 0 Å². The third-order valence-electron chi connectivity index (χ3n) is 2.71. The highest BCUT2D eigenvalue weighted by atomic mass is 19.1. The van der Waals surface area contributed by atoms with E-state index in [-0.39, 0.29) is 12.6 Å². The molecule has 0 fully saturated rings. The van der Waals surface area contributed by atoms with E-state index in [0.29, 0.717) is 11.3 Å². The van der Waals surface area contributed by atoms with Crippen molar-refractivity contribution in [1.82, 2.24) is 0 Å². The summed E-state index contributed by atoms with van der Waals surface area (Å²) in [5.41, 5.74) is 7.17. The molecule has 1 atom stereocenters. The van der Waals surface area contributed by atoms with Crippen molar-refractivity contribution >= 4 is 0 Å². The van der Waals surface area contributed by atoms with Crippen molar-refractivity contribution in [2.75, 3.05) is 0 Å². The zero-order chi connectivity index (χ0) is 13.8. The van der Waals surface area contributed by atoms with E-state index in [4.69, 9.17) is 10.5 Å². The summed E-state index contributed by atoms with van der Waals surface area (Å²) in [6.07, 6.45) is 0. The number of nitrogens with two attached hydrogens (primary N) is 1. The minimum absolute atomic E-state index is 0.0878. The monoisotopic (exact) mass is 263 g/mol. The second-order valence-corrected chi connectivity index (χ2v) is 4.43. The Morgan fingerprint density at radius 2 is 1.79 bits per heavy atom. The summed E-state index contributed by atoms with van der Waals surface area (Å²) in [7, 11) is 0. The normalized spacial score (nSPS) is 12.2. The molecule has 100 valence electrons. The molecule has 0 aliphatic heterocycles. The molecule has 0 spiro atoms. The van der Waals surface area contributed by atoms with Crippen molar-refractivity contribution in [3.8, 4) is 5.75 Å². The number of benzene rings is 2. The molecule has 0 radical (unpaired) electrons. The van der Waals surface area contributed by atoms with Crippen LogP contribution in [0.25, 0.3) is 0 Å². The lowest BCUT2D eigenvalue weighted by Gasteiger charge is -2.10. The summed E-state index contributed by atoms with van der Waals surface area (Å²) in [5, 5.41) is 0. The molecule has 2 N–H and O–H groups in total. The molecule has 0 heterocycles. The van der Waals surface area contributed by atoms with E-state index in [0.717, 1.165) is 11.6 Å². The number of rotatable bonds is 4. The van der Waals surface area contributed by atoms with Gasteiger partial charge in [0.1, 0.15) is 24.0 Å². The highest BCUT2D eigenvalue weighted by Gasteiger charge is 2.04. The average Bonchev–Trinajstić information content (AvgIpc) is 2.35. The molecule has 0 saturated carbocycles. The Morgan fingerprint density at radius 3 is 2.42 bits per heavy atom. The van der Waals surface area contributed by atoms with Crippen LogP contribution in [-0.2, 0) is 6.61 Å². The van der Waals surface area contributed by atoms with E-state index < -0.39 is 11.6 Å². The van der Waals surface area contributed by atoms with Crippen LogP contribution in [0.3, 0.4) is 0 Å². The Bertz CT molecular complexity index is 550. The van der Waals surface area contributed by atoms with Gasteiger partial charge in [-0.15, -0.1) is 0 Å². The lowest BCUT2D eigenvalue weighted by Crippen LogP contribution is -2.05. The first-order valence-corrected chi connectivity index (χ1v) is 5.98. The van der Waals surface area contributed by atoms with E-state index >= 15 is 0 Å². The molecule has 0 unspecified atom stereocenters. The summed E-state index contributed by atoms with van der Waals surface area (Å²) >= 11 is 0. The molecule has 0 aliphatic carbocycles. The summed E-state index contributed by atoms with van der Waals surface area (Å²) in [6, 6.07) is 10.6. The van der Waals surface area contributed by atoms with E-state index in [1.807, 2.05) is 25.1 Å². The summed E-state index contributed by atoms with van der Waals surface area (Å²) in [6.45, 7) is 1.98. The summed E-state index contributed by atoms with van der Waals surface area (Å²) < 4.78 is 31.5. The van der Waals surface area contributed by atoms with Gasteiger partial charge >= 0.3 is 0 Å². The van der Waals surface area contributed by atoms with Crippen LogP contribution in [-0.4, -0.2) is 0 Å². The van der Waals surface area contributed by atoms with Gasteiger partial charge in [0.2, 0.25) is 0 Å². The maximum atomic E-state index is 13.0. The van der Waals surface area contributed by atoms with Gasteiger partial charge in [-0.2, -0.15) is 0 Å². The maximum absolute atomic E-state index is 13.0. The molecule has 19 heavy (non-hydrogen) atoms. The van der Waals surface area contributed by atoms with E-state index in [2.05, 4.69) is 0 Å². The second-order valence-electron chi connectivity index (χ2n) is 4.43. The van der Waals surface area contributed by atoms with Gasteiger partial charge in [0, 0.05) is 12.1 Å². The zero-order valence-electron chi connectivity index (χ0n) is 10.6. The smallest absolute Gasteiger partial charge is 0.126 e. The number of halogens is 2. The summed E-state index contributed by atoms with van der Waals surface area (Å²) in [4.78, 5) is 0. The molecule has 2 nitrogen and oxygen atoms in total. The first-order valence-electron chi connectivity index (χ1n) is 5.98. The highest BCUT2D eigenvalue weighted by Crippen LogP contribution is 2.19. The third-order valence-corrected chi connectivity index (χ3v) is 2.71. The lowest BCUT2D eigenvalue weighted by molar-refractivity contribution is 0.304. The van der Waals surface area contributed by atoms with Crippen molar-refractivity contribution in [2.45, 2.75) is 19.6 Å². The first kappa shape index (κ1) is 13.5. The van der Waals surface area contributed by atoms with Crippen LogP contribution >= 0.6 is 0 Å². The van der Waals surface area contributed by atoms with Crippen molar-refractivity contribution < 1.29 is 13.5 Å². The number of hydrogen-bond acceptors (Lipinski definition) is 2. The molecule has 2 rings (SSSR count). The molecule has 2 aromatic carbocycles. The Labute approximate surface area is 110 Å². The average molecular weight is 263 g/mol. The van der Waals surface area contributed by atoms with Crippen molar-refractivity contribution in [3.63, 3.8) is 0 Å². The molecule has 0 aliphatic rings. The molecule has 0 bridgehead atoms. The Kier molecular flexibility index (Phi) is 4.12. The van der Waals surface area contributed by atoms with Crippen LogP contribution < -0.4 is 10.5 Å². The van der Waals surface area contributed by atoms with Crippen molar-refractivity contribution in [2.24, 2.45) is 5.73 Å². The fourth-order valence-corrected chi connectivity index (χ4v) is 1.75. The zero-order valence-corrected chi connectivity index (χ0v) is 10.6. The topological polar surface area (TPSA) is 35.2 Å². The van der Waals surface area contributed by atoms with Gasteiger partial charge < -0.3 is 10.5 Å². The van der Waals surface area contributed by atoms with E-state index in [1.54, 1.807) is 6.07 Å². The van der Waals surface area contributed by atoms with Crippen LogP contribution in [0.4, 0.5) is 8.78 Å². The fraction of sp³-hybridized carbons (Fsp3) is 0.200. The van der Waals surface area contributed by atoms with Crippen molar-refractivity contribution in [3.05, 3.63) is 65.2 Å². The lowest BCUT2D eigenvalue weighted by atomic mass is 10.1. The van der Waals surface area contributed by atoms with Gasteiger partial charge in [-0.3, -0.25) is 0 Å². The second kappa shape index (κ2) is 5.80. The molecule has 0 amide bonds. The third kappa shape index (κ3) is 3.76.